The predicted octanol–water partition coefficient (Wildman–Crippen LogP) is 2.58. The molecule has 2 nitrogen and oxygen atoms in total. The lowest BCUT2D eigenvalue weighted by atomic mass is 9.85. The Morgan fingerprint density at radius 1 is 1.38 bits per heavy atom. The number of carbonyl (C=O) groups is 1. The average molecular weight is 185 g/mol. The van der Waals surface area contributed by atoms with Gasteiger partial charge in [-0.3, -0.25) is 4.79 Å². The van der Waals surface area contributed by atoms with Crippen molar-refractivity contribution in [1.82, 2.24) is 5.32 Å². The van der Waals surface area contributed by atoms with Crippen LogP contribution in [0, 0.1) is 11.3 Å². The standard InChI is InChI=1S/C11H23NO/c1-6-10(13)12-8-9(2)7-11(3,4)5/h9H,6-8H2,1-5H3,(H,12,13). The molecule has 0 saturated carbocycles. The van der Waals surface area contributed by atoms with Crippen LogP contribution in [0.2, 0.25) is 0 Å². The van der Waals surface area contributed by atoms with Crippen molar-refractivity contribution in [2.24, 2.45) is 11.3 Å². The van der Waals surface area contributed by atoms with Crippen molar-refractivity contribution < 1.29 is 4.79 Å². The SMILES string of the molecule is CCC(=O)NCC(C)CC(C)(C)C. The molecule has 2 heteroatoms. The Bertz CT molecular complexity index is 158. The molecule has 0 bridgehead atoms. The summed E-state index contributed by atoms with van der Waals surface area (Å²) in [5.74, 6) is 0.719. The molecule has 13 heavy (non-hydrogen) atoms. The van der Waals surface area contributed by atoms with E-state index in [2.05, 4.69) is 33.0 Å². The molecule has 0 radical (unpaired) electrons. The van der Waals surface area contributed by atoms with Gasteiger partial charge in [-0.25, -0.2) is 0 Å². The molecule has 1 amide bonds. The van der Waals surface area contributed by atoms with Crippen LogP contribution in [0.25, 0.3) is 0 Å². The lowest BCUT2D eigenvalue weighted by molar-refractivity contribution is -0.120. The molecule has 1 N–H and O–H groups in total. The van der Waals surface area contributed by atoms with Crippen molar-refractivity contribution in [3.8, 4) is 0 Å². The first-order valence-corrected chi connectivity index (χ1v) is 5.12. The Kier molecular flexibility index (Phi) is 5.04. The Labute approximate surface area is 82.1 Å². The molecule has 0 fully saturated rings. The van der Waals surface area contributed by atoms with Crippen LogP contribution in [0.3, 0.4) is 0 Å². The first kappa shape index (κ1) is 12.5. The largest absolute Gasteiger partial charge is 0.356 e. The van der Waals surface area contributed by atoms with E-state index in [1.165, 1.54) is 0 Å². The van der Waals surface area contributed by atoms with E-state index in [-0.39, 0.29) is 5.91 Å². The van der Waals surface area contributed by atoms with Crippen LogP contribution in [0.1, 0.15) is 47.5 Å². The van der Waals surface area contributed by atoms with Gasteiger partial charge in [0, 0.05) is 13.0 Å². The molecule has 0 rings (SSSR count). The lowest BCUT2D eigenvalue weighted by Crippen LogP contribution is -2.29. The number of nitrogens with one attached hydrogen (secondary N) is 1. The summed E-state index contributed by atoms with van der Waals surface area (Å²) in [5, 5.41) is 2.92. The van der Waals surface area contributed by atoms with E-state index in [0.717, 1.165) is 13.0 Å². The maximum atomic E-state index is 11.0. The molecule has 0 aliphatic carbocycles. The first-order valence-electron chi connectivity index (χ1n) is 5.12. The Balaban J connectivity index is 3.63. The number of rotatable bonds is 4. The normalized spacial score (nSPS) is 13.9. The van der Waals surface area contributed by atoms with Crippen molar-refractivity contribution in [1.29, 1.82) is 0 Å². The second-order valence-electron chi connectivity index (χ2n) is 5.03. The maximum Gasteiger partial charge on any atom is 0.219 e. The van der Waals surface area contributed by atoms with Gasteiger partial charge in [0.2, 0.25) is 5.91 Å². The van der Waals surface area contributed by atoms with E-state index in [1.807, 2.05) is 6.92 Å². The molecule has 1 unspecified atom stereocenters. The Morgan fingerprint density at radius 2 is 1.92 bits per heavy atom. The van der Waals surface area contributed by atoms with Gasteiger partial charge in [0.05, 0.1) is 0 Å². The van der Waals surface area contributed by atoms with E-state index in [4.69, 9.17) is 0 Å². The monoisotopic (exact) mass is 185 g/mol. The van der Waals surface area contributed by atoms with Gasteiger partial charge in [0.25, 0.3) is 0 Å². The number of carbonyl (C=O) groups excluding carboxylic acids is 1. The van der Waals surface area contributed by atoms with Crippen molar-refractivity contribution >= 4 is 5.91 Å². The Morgan fingerprint density at radius 3 is 2.31 bits per heavy atom. The third-order valence-electron chi connectivity index (χ3n) is 1.93. The van der Waals surface area contributed by atoms with Crippen molar-refractivity contribution in [2.75, 3.05) is 6.54 Å². The van der Waals surface area contributed by atoms with Crippen LogP contribution in [-0.2, 0) is 4.79 Å². The lowest BCUT2D eigenvalue weighted by Gasteiger charge is -2.23. The highest BCUT2D eigenvalue weighted by Crippen LogP contribution is 2.23. The molecule has 78 valence electrons. The van der Waals surface area contributed by atoms with Crippen LogP contribution in [0.4, 0.5) is 0 Å². The minimum Gasteiger partial charge on any atom is -0.356 e. The number of hydrogen-bond donors (Lipinski definition) is 1. The molecule has 1 atom stereocenters. The van der Waals surface area contributed by atoms with Gasteiger partial charge in [-0.05, 0) is 17.8 Å². The van der Waals surface area contributed by atoms with E-state index in [1.54, 1.807) is 0 Å². The van der Waals surface area contributed by atoms with Crippen LogP contribution in [0.5, 0.6) is 0 Å². The minimum absolute atomic E-state index is 0.153. The van der Waals surface area contributed by atoms with Crippen LogP contribution in [-0.4, -0.2) is 12.5 Å². The summed E-state index contributed by atoms with van der Waals surface area (Å²) in [6, 6.07) is 0. The molecule has 0 saturated heterocycles. The summed E-state index contributed by atoms with van der Waals surface area (Å²) in [7, 11) is 0. The van der Waals surface area contributed by atoms with Crippen molar-refractivity contribution in [3.63, 3.8) is 0 Å². The zero-order valence-electron chi connectivity index (χ0n) is 9.61. The summed E-state index contributed by atoms with van der Waals surface area (Å²) < 4.78 is 0. The molecule has 0 aliphatic rings. The van der Waals surface area contributed by atoms with Gasteiger partial charge in [-0.15, -0.1) is 0 Å². The molecular formula is C11H23NO. The zero-order valence-corrected chi connectivity index (χ0v) is 9.61. The molecule has 0 aliphatic heterocycles. The van der Waals surface area contributed by atoms with E-state index in [9.17, 15) is 4.79 Å². The molecule has 0 aromatic rings. The fourth-order valence-electron chi connectivity index (χ4n) is 1.53. The van der Waals surface area contributed by atoms with Gasteiger partial charge >= 0.3 is 0 Å². The Hall–Kier alpha value is -0.530. The van der Waals surface area contributed by atoms with Crippen LogP contribution in [0.15, 0.2) is 0 Å². The summed E-state index contributed by atoms with van der Waals surface area (Å²) in [5.41, 5.74) is 0.357. The third kappa shape index (κ3) is 7.82. The van der Waals surface area contributed by atoms with E-state index < -0.39 is 0 Å². The van der Waals surface area contributed by atoms with Crippen molar-refractivity contribution in [3.05, 3.63) is 0 Å². The molecule has 0 aromatic carbocycles. The molecule has 0 aromatic heterocycles. The molecular weight excluding hydrogens is 162 g/mol. The maximum absolute atomic E-state index is 11.0. The fraction of sp³-hybridized carbons (Fsp3) is 0.909. The molecule has 0 spiro atoms. The zero-order chi connectivity index (χ0) is 10.5. The summed E-state index contributed by atoms with van der Waals surface area (Å²) in [6.45, 7) is 11.6. The highest BCUT2D eigenvalue weighted by molar-refractivity contribution is 5.75. The van der Waals surface area contributed by atoms with Crippen LogP contribution < -0.4 is 5.32 Å². The molecule has 0 heterocycles. The fourth-order valence-corrected chi connectivity index (χ4v) is 1.53. The van der Waals surface area contributed by atoms with Crippen molar-refractivity contribution in [2.45, 2.75) is 47.5 Å². The highest BCUT2D eigenvalue weighted by atomic mass is 16.1. The quantitative estimate of drug-likeness (QED) is 0.716. The van der Waals surface area contributed by atoms with Gasteiger partial charge in [-0.1, -0.05) is 34.6 Å². The van der Waals surface area contributed by atoms with Gasteiger partial charge in [-0.2, -0.15) is 0 Å². The van der Waals surface area contributed by atoms with E-state index >= 15 is 0 Å². The van der Waals surface area contributed by atoms with Gasteiger partial charge in [0.1, 0.15) is 0 Å². The van der Waals surface area contributed by atoms with Gasteiger partial charge < -0.3 is 5.32 Å². The smallest absolute Gasteiger partial charge is 0.219 e. The van der Waals surface area contributed by atoms with E-state index in [0.29, 0.717) is 17.8 Å². The second kappa shape index (κ2) is 5.25. The van der Waals surface area contributed by atoms with Gasteiger partial charge in [0.15, 0.2) is 0 Å². The number of hydrogen-bond acceptors (Lipinski definition) is 1. The average Bonchev–Trinajstić information content (AvgIpc) is 1.97. The highest BCUT2D eigenvalue weighted by Gasteiger charge is 2.15. The first-order chi connectivity index (χ1) is 5.85. The summed E-state index contributed by atoms with van der Waals surface area (Å²) >= 11 is 0. The second-order valence-corrected chi connectivity index (χ2v) is 5.03. The number of amides is 1. The summed E-state index contributed by atoms with van der Waals surface area (Å²) in [6.07, 6.45) is 1.74. The third-order valence-corrected chi connectivity index (χ3v) is 1.93. The minimum atomic E-state index is 0.153. The summed E-state index contributed by atoms with van der Waals surface area (Å²) in [4.78, 5) is 11.0. The predicted molar refractivity (Wildman–Crippen MR) is 56.5 cm³/mol. The van der Waals surface area contributed by atoms with Crippen LogP contribution >= 0.6 is 0 Å². The topological polar surface area (TPSA) is 29.1 Å².